The van der Waals surface area contributed by atoms with Gasteiger partial charge in [0.1, 0.15) is 0 Å². The van der Waals surface area contributed by atoms with Gasteiger partial charge in [-0.2, -0.15) is 0 Å². The van der Waals surface area contributed by atoms with Crippen LogP contribution in [0.3, 0.4) is 0 Å². The molecule has 0 unspecified atom stereocenters. The van der Waals surface area contributed by atoms with Gasteiger partial charge in [0.05, 0.1) is 23.1 Å². The number of carbonyl (C=O) groups is 3. The number of carboxylic acids is 3. The number of aliphatic carboxylic acids is 3. The van der Waals surface area contributed by atoms with E-state index in [0.29, 0.717) is 23.4 Å². The van der Waals surface area contributed by atoms with Crippen LogP contribution in [0.2, 0.25) is 0 Å². The van der Waals surface area contributed by atoms with E-state index >= 15 is 0 Å². The number of allylic oxidation sites excluding steroid dienone is 1. The number of rotatable bonds is 8. The van der Waals surface area contributed by atoms with E-state index in [-0.39, 0.29) is 195 Å². The maximum absolute atomic E-state index is 12.5. The fourth-order valence-electron chi connectivity index (χ4n) is 6.50. The molecule has 2 atom stereocenters. The van der Waals surface area contributed by atoms with Gasteiger partial charge in [-0.1, -0.05) is 26.5 Å². The van der Waals surface area contributed by atoms with Gasteiger partial charge in [-0.25, -0.2) is 4.98 Å². The zero-order valence-electron chi connectivity index (χ0n) is 28.3. The van der Waals surface area contributed by atoms with Crippen molar-refractivity contribution in [2.24, 2.45) is 0 Å². The van der Waals surface area contributed by atoms with Crippen LogP contribution in [-0.4, -0.2) is 37.8 Å². The Morgan fingerprint density at radius 3 is 2.09 bits per heavy atom. The average Bonchev–Trinajstić information content (AvgIpc) is 3.63. The van der Waals surface area contributed by atoms with Gasteiger partial charge >= 0.3 is 154 Å². The molecule has 228 valence electrons. The molecule has 0 saturated carbocycles. The normalized spacial score (nSPS) is 15.3. The molecule has 2 aliphatic heterocycles. The van der Waals surface area contributed by atoms with Crippen molar-refractivity contribution in [3.05, 3.63) is 75.4 Å². The van der Waals surface area contributed by atoms with Crippen LogP contribution in [0.5, 0.6) is 0 Å². The summed E-state index contributed by atoms with van der Waals surface area (Å²) in [7, 11) is 0. The number of aromatic nitrogens is 4. The van der Waals surface area contributed by atoms with E-state index in [2.05, 4.69) is 21.5 Å². The maximum Gasteiger partial charge on any atom is 1.00 e. The Labute approximate surface area is 401 Å². The van der Waals surface area contributed by atoms with Crippen molar-refractivity contribution >= 4 is 57.2 Å². The van der Waals surface area contributed by atoms with E-state index in [0.717, 1.165) is 44.3 Å². The minimum Gasteiger partial charge on any atom is -0.550 e. The largest absolute Gasteiger partial charge is 1.00 e. The van der Waals surface area contributed by atoms with Gasteiger partial charge in [0.25, 0.3) is 0 Å². The Balaban J connectivity index is 0.00000256. The SMILES string of the molecule is C=Cc1c(C)c2cc3nc(c(CC(=O)[O-])c4nc(cc5[nH]c(cc1[nH]2)c(C)c5CC)C(C)=C4C(=O)[O-])[C@@H](CCC(=O)[O-])[C@@H]3C.[K+].[K+].[K+]. The van der Waals surface area contributed by atoms with E-state index < -0.39 is 30.2 Å². The molecule has 5 rings (SSSR count). The Bertz CT molecular complexity index is 1960. The average molecular weight is 711 g/mol. The summed E-state index contributed by atoms with van der Waals surface area (Å²) in [4.78, 5) is 52.6. The van der Waals surface area contributed by atoms with E-state index in [1.54, 1.807) is 19.1 Å². The van der Waals surface area contributed by atoms with Crippen LogP contribution >= 0.6 is 0 Å². The third-order valence-corrected chi connectivity index (χ3v) is 8.92. The van der Waals surface area contributed by atoms with Crippen molar-refractivity contribution in [2.75, 3.05) is 0 Å². The molecule has 2 N–H and O–H groups in total. The number of hydrogen-bond acceptors (Lipinski definition) is 8. The van der Waals surface area contributed by atoms with Crippen LogP contribution in [-0.2, 0) is 27.2 Å². The Kier molecular flexibility index (Phi) is 16.4. The molecule has 0 fully saturated rings. The molecule has 5 heterocycles. The molecule has 3 aromatic heterocycles. The number of fused-ring (bicyclic) bond motifs is 8. The fraction of sp³-hybridized carbons (Fsp3) is 0.324. The Morgan fingerprint density at radius 1 is 0.872 bits per heavy atom. The number of aryl methyl sites for hydroxylation is 3. The van der Waals surface area contributed by atoms with E-state index in [1.807, 2.05) is 39.8 Å². The predicted molar refractivity (Wildman–Crippen MR) is 162 cm³/mol. The molecule has 8 bridgehead atoms. The van der Waals surface area contributed by atoms with Crippen LogP contribution < -0.4 is 169 Å². The molecular weight excluding hydrogens is 678 g/mol. The molecule has 3 aromatic rings. The number of nitrogens with zero attached hydrogens (tertiary/aromatic N) is 2. The number of aromatic amines is 2. The summed E-state index contributed by atoms with van der Waals surface area (Å²) >= 11 is 0. The summed E-state index contributed by atoms with van der Waals surface area (Å²) in [5.74, 6) is -5.11. The second-order valence-electron chi connectivity index (χ2n) is 11.4. The molecular formula is C34H33K3N4O6. The number of H-pyrrole nitrogens is 2. The zero-order valence-corrected chi connectivity index (χ0v) is 37.7. The van der Waals surface area contributed by atoms with Crippen molar-refractivity contribution in [2.45, 2.75) is 72.1 Å². The summed E-state index contributed by atoms with van der Waals surface area (Å²) in [6, 6.07) is 5.63. The standard InChI is InChI=1S/C34H36N4O6.3K/c1-7-19-15(3)23-12-25-17(5)21(9-10-29(39)40)32(37-25)22(11-30(41)42)33-31(34(43)44)18(6)26(38-33)14-28-20(8-2)16(4)24(36-28)13-27(19)35-23;;;/h7,12-14,17,21,35-36H,1,8-11H2,2-6H3,(H,39,40)(H,41,42)(H,43,44);;;/q;3*+1/p-3/t17-,21-;;;/m0.../s1. The minimum absolute atomic E-state index is 0. The quantitative estimate of drug-likeness (QED) is 0.217. The summed E-state index contributed by atoms with van der Waals surface area (Å²) in [5, 5.41) is 36.2. The van der Waals surface area contributed by atoms with Crippen LogP contribution in [0.25, 0.3) is 39.3 Å². The summed E-state index contributed by atoms with van der Waals surface area (Å²) in [6.07, 6.45) is 1.59. The Hall–Kier alpha value is -0.0809. The summed E-state index contributed by atoms with van der Waals surface area (Å²) in [5.41, 5.74) is 8.29. The zero-order chi connectivity index (χ0) is 32.0. The number of nitrogens with one attached hydrogen (secondary N) is 2. The van der Waals surface area contributed by atoms with Crippen molar-refractivity contribution in [1.82, 2.24) is 19.9 Å². The van der Waals surface area contributed by atoms with Crippen molar-refractivity contribution < 1.29 is 184 Å². The van der Waals surface area contributed by atoms with Gasteiger partial charge in [-0.3, -0.25) is 4.98 Å². The maximum atomic E-state index is 12.5. The molecule has 13 heteroatoms. The van der Waals surface area contributed by atoms with Crippen LogP contribution in [0.1, 0.15) is 96.0 Å². The van der Waals surface area contributed by atoms with Crippen LogP contribution in [0.4, 0.5) is 0 Å². The third-order valence-electron chi connectivity index (χ3n) is 8.92. The molecule has 2 aliphatic rings. The minimum atomic E-state index is -1.51. The molecule has 0 saturated heterocycles. The van der Waals surface area contributed by atoms with Gasteiger partial charge < -0.3 is 39.7 Å². The van der Waals surface area contributed by atoms with Gasteiger partial charge in [0.2, 0.25) is 0 Å². The molecule has 0 aromatic carbocycles. The molecule has 47 heavy (non-hydrogen) atoms. The molecule has 10 nitrogen and oxygen atoms in total. The van der Waals surface area contributed by atoms with Crippen LogP contribution in [0, 0.1) is 13.8 Å². The predicted octanol–water partition coefficient (Wildman–Crippen LogP) is -6.46. The van der Waals surface area contributed by atoms with Crippen molar-refractivity contribution in [3.63, 3.8) is 0 Å². The van der Waals surface area contributed by atoms with E-state index in [4.69, 9.17) is 4.98 Å². The second-order valence-corrected chi connectivity index (χ2v) is 11.4. The van der Waals surface area contributed by atoms with Crippen molar-refractivity contribution in [3.8, 4) is 0 Å². The van der Waals surface area contributed by atoms with E-state index in [9.17, 15) is 29.7 Å². The van der Waals surface area contributed by atoms with Crippen molar-refractivity contribution in [1.29, 1.82) is 0 Å². The van der Waals surface area contributed by atoms with E-state index in [1.165, 1.54) is 0 Å². The first-order valence-electron chi connectivity index (χ1n) is 14.6. The van der Waals surface area contributed by atoms with Gasteiger partial charge in [0, 0.05) is 74.7 Å². The van der Waals surface area contributed by atoms with Gasteiger partial charge in [-0.05, 0) is 80.5 Å². The smallest absolute Gasteiger partial charge is 0.550 e. The monoisotopic (exact) mass is 710 g/mol. The van der Waals surface area contributed by atoms with Gasteiger partial charge in [-0.15, -0.1) is 0 Å². The number of carbonyl (C=O) groups excluding carboxylic acids is 3. The molecule has 0 spiro atoms. The van der Waals surface area contributed by atoms with Crippen LogP contribution in [0.15, 0.2) is 24.8 Å². The van der Waals surface area contributed by atoms with Gasteiger partial charge in [0.15, 0.2) is 0 Å². The first-order chi connectivity index (χ1) is 20.9. The summed E-state index contributed by atoms with van der Waals surface area (Å²) < 4.78 is 0. The Morgan fingerprint density at radius 2 is 1.51 bits per heavy atom. The molecule has 0 aliphatic carbocycles. The first kappa shape index (κ1) is 43.1. The fourth-order valence-corrected chi connectivity index (χ4v) is 6.50. The second kappa shape index (κ2) is 17.9. The third kappa shape index (κ3) is 8.70. The number of carboxylic acid groups (broad SMARTS) is 3. The first-order valence-corrected chi connectivity index (χ1v) is 14.6. The molecule has 0 amide bonds. The summed E-state index contributed by atoms with van der Waals surface area (Å²) in [6.45, 7) is 13.5. The topological polar surface area (TPSA) is 178 Å². The molecule has 0 radical (unpaired) electrons. The number of hydrogen-bond donors (Lipinski definition) is 2.